The Kier molecular flexibility index (Phi) is 5.32. The molecule has 0 heterocycles. The topological polar surface area (TPSA) is 57.6 Å². The summed E-state index contributed by atoms with van der Waals surface area (Å²) in [5.41, 5.74) is -0.922. The number of aliphatic hydroxyl groups excluding tert-OH is 1. The van der Waals surface area contributed by atoms with Gasteiger partial charge in [0.1, 0.15) is 0 Å². The summed E-state index contributed by atoms with van der Waals surface area (Å²) in [5, 5.41) is 8.84. The van der Waals surface area contributed by atoms with Crippen LogP contribution in [-0.4, -0.2) is 37.5 Å². The molecule has 1 aromatic carbocycles. The maximum Gasteiger partial charge on any atom is 0.416 e. The molecule has 0 aliphatic heterocycles. The fraction of sp³-hybridized carbons (Fsp3) is 0.333. The van der Waals surface area contributed by atoms with Crippen molar-refractivity contribution in [2.75, 3.05) is 19.7 Å². The number of hydrogen-bond acceptors (Lipinski definition) is 3. The largest absolute Gasteiger partial charge is 0.416 e. The van der Waals surface area contributed by atoms with E-state index in [9.17, 15) is 21.6 Å². The normalized spacial score (nSPS) is 12.7. The van der Waals surface area contributed by atoms with Crippen LogP contribution < -0.4 is 0 Å². The zero-order chi connectivity index (χ0) is 15.4. The molecule has 1 rings (SSSR count). The number of hydrogen-bond donors (Lipinski definition) is 1. The molecule has 0 fully saturated rings. The van der Waals surface area contributed by atoms with Crippen molar-refractivity contribution >= 4 is 10.0 Å². The number of aliphatic hydroxyl groups is 1. The Labute approximate surface area is 115 Å². The van der Waals surface area contributed by atoms with E-state index in [4.69, 9.17) is 5.11 Å². The van der Waals surface area contributed by atoms with Crippen LogP contribution in [0.15, 0.2) is 41.8 Å². The third kappa shape index (κ3) is 3.81. The first-order chi connectivity index (χ1) is 9.23. The van der Waals surface area contributed by atoms with Crippen LogP contribution in [0.25, 0.3) is 0 Å². The predicted octanol–water partition coefficient (Wildman–Crippen LogP) is 1.87. The lowest BCUT2D eigenvalue weighted by Crippen LogP contribution is -2.33. The van der Waals surface area contributed by atoms with Gasteiger partial charge in [-0.2, -0.15) is 17.5 Å². The average molecular weight is 309 g/mol. The predicted molar refractivity (Wildman–Crippen MR) is 67.5 cm³/mol. The highest BCUT2D eigenvalue weighted by molar-refractivity contribution is 7.89. The zero-order valence-corrected chi connectivity index (χ0v) is 11.3. The minimum Gasteiger partial charge on any atom is -0.395 e. The van der Waals surface area contributed by atoms with Crippen LogP contribution in [0, 0.1) is 0 Å². The van der Waals surface area contributed by atoms with Gasteiger partial charge in [-0.1, -0.05) is 6.08 Å². The molecule has 0 aliphatic rings. The molecule has 4 nitrogen and oxygen atoms in total. The van der Waals surface area contributed by atoms with E-state index < -0.39 is 28.4 Å². The van der Waals surface area contributed by atoms with E-state index in [1.165, 1.54) is 6.08 Å². The van der Waals surface area contributed by atoms with Crippen LogP contribution in [0.2, 0.25) is 0 Å². The van der Waals surface area contributed by atoms with Gasteiger partial charge < -0.3 is 5.11 Å². The third-order valence-corrected chi connectivity index (χ3v) is 4.38. The Morgan fingerprint density at radius 3 is 2.20 bits per heavy atom. The summed E-state index contributed by atoms with van der Waals surface area (Å²) in [6.45, 7) is 2.81. The molecular formula is C12H14F3NO3S. The first-order valence-electron chi connectivity index (χ1n) is 5.62. The molecule has 0 unspecified atom stereocenters. The summed E-state index contributed by atoms with van der Waals surface area (Å²) >= 11 is 0. The molecular weight excluding hydrogens is 295 g/mol. The number of rotatable bonds is 6. The molecule has 0 saturated heterocycles. The van der Waals surface area contributed by atoms with Crippen LogP contribution in [0.4, 0.5) is 13.2 Å². The number of benzene rings is 1. The molecule has 1 N–H and O–H groups in total. The van der Waals surface area contributed by atoms with Gasteiger partial charge in [-0.3, -0.25) is 0 Å². The highest BCUT2D eigenvalue weighted by atomic mass is 32.2. The maximum absolute atomic E-state index is 12.4. The average Bonchev–Trinajstić information content (AvgIpc) is 2.37. The lowest BCUT2D eigenvalue weighted by atomic mass is 10.2. The van der Waals surface area contributed by atoms with Crippen molar-refractivity contribution in [1.82, 2.24) is 4.31 Å². The first-order valence-corrected chi connectivity index (χ1v) is 7.06. The van der Waals surface area contributed by atoms with Crippen LogP contribution in [0.1, 0.15) is 5.56 Å². The summed E-state index contributed by atoms with van der Waals surface area (Å²) in [4.78, 5) is -0.263. The van der Waals surface area contributed by atoms with E-state index in [2.05, 4.69) is 6.58 Å². The Bertz CT molecular complexity index is 552. The van der Waals surface area contributed by atoms with E-state index in [0.29, 0.717) is 12.1 Å². The molecule has 0 aliphatic carbocycles. The Morgan fingerprint density at radius 2 is 1.80 bits per heavy atom. The van der Waals surface area contributed by atoms with E-state index >= 15 is 0 Å². The number of halogens is 3. The summed E-state index contributed by atoms with van der Waals surface area (Å²) in [5.74, 6) is 0. The van der Waals surface area contributed by atoms with Crippen LogP contribution in [0.5, 0.6) is 0 Å². The minimum atomic E-state index is -4.52. The molecule has 1 aromatic rings. The van der Waals surface area contributed by atoms with Gasteiger partial charge >= 0.3 is 6.18 Å². The maximum atomic E-state index is 12.4. The fourth-order valence-corrected chi connectivity index (χ4v) is 2.93. The molecule has 20 heavy (non-hydrogen) atoms. The first kappa shape index (κ1) is 16.7. The van der Waals surface area contributed by atoms with Crippen LogP contribution >= 0.6 is 0 Å². The second kappa shape index (κ2) is 6.38. The minimum absolute atomic E-state index is 0.0378. The standard InChI is InChI=1S/C12H14F3NO3S/c1-2-7-16(8-9-17)20(18,19)11-5-3-10(4-6-11)12(13,14)15/h2-6,17H,1,7-9H2. The highest BCUT2D eigenvalue weighted by Gasteiger charge is 2.31. The Morgan fingerprint density at radius 1 is 1.25 bits per heavy atom. The van der Waals surface area contributed by atoms with E-state index in [-0.39, 0.29) is 18.0 Å². The molecule has 0 bridgehead atoms. The number of sulfonamides is 1. The molecule has 0 saturated carbocycles. The molecule has 0 atom stereocenters. The zero-order valence-electron chi connectivity index (χ0n) is 10.5. The quantitative estimate of drug-likeness (QED) is 0.816. The van der Waals surface area contributed by atoms with Crippen molar-refractivity contribution in [2.24, 2.45) is 0 Å². The molecule has 0 aromatic heterocycles. The van der Waals surface area contributed by atoms with E-state index in [1.807, 2.05) is 0 Å². The van der Waals surface area contributed by atoms with E-state index in [0.717, 1.165) is 16.4 Å². The van der Waals surface area contributed by atoms with Gasteiger partial charge in [0, 0.05) is 13.1 Å². The molecule has 0 amide bonds. The van der Waals surface area contributed by atoms with E-state index in [1.54, 1.807) is 0 Å². The van der Waals surface area contributed by atoms with Gasteiger partial charge in [-0.25, -0.2) is 8.42 Å². The summed E-state index contributed by atoms with van der Waals surface area (Å²) in [6.07, 6.45) is -3.19. The number of nitrogens with zero attached hydrogens (tertiary/aromatic N) is 1. The van der Waals surface area contributed by atoms with Gasteiger partial charge in [0.05, 0.1) is 17.1 Å². The van der Waals surface area contributed by atoms with Crippen LogP contribution in [-0.2, 0) is 16.2 Å². The van der Waals surface area contributed by atoms with Crippen LogP contribution in [0.3, 0.4) is 0 Å². The van der Waals surface area contributed by atoms with Gasteiger partial charge in [0.25, 0.3) is 0 Å². The summed E-state index contributed by atoms with van der Waals surface area (Å²) in [6, 6.07) is 3.20. The summed E-state index contributed by atoms with van der Waals surface area (Å²) < 4.78 is 62.5. The van der Waals surface area contributed by atoms with Gasteiger partial charge in [-0.05, 0) is 24.3 Å². The Balaban J connectivity index is 3.11. The lowest BCUT2D eigenvalue weighted by molar-refractivity contribution is -0.137. The second-order valence-electron chi connectivity index (χ2n) is 3.90. The third-order valence-electron chi connectivity index (χ3n) is 2.50. The molecule has 112 valence electrons. The van der Waals surface area contributed by atoms with Crippen molar-refractivity contribution in [3.05, 3.63) is 42.5 Å². The highest BCUT2D eigenvalue weighted by Crippen LogP contribution is 2.30. The van der Waals surface area contributed by atoms with Gasteiger partial charge in [0.2, 0.25) is 10.0 Å². The van der Waals surface area contributed by atoms with Crippen molar-refractivity contribution in [1.29, 1.82) is 0 Å². The van der Waals surface area contributed by atoms with Crippen molar-refractivity contribution in [3.8, 4) is 0 Å². The number of alkyl halides is 3. The molecule has 0 radical (unpaired) electrons. The van der Waals surface area contributed by atoms with Crippen molar-refractivity contribution in [3.63, 3.8) is 0 Å². The van der Waals surface area contributed by atoms with Crippen molar-refractivity contribution < 1.29 is 26.7 Å². The van der Waals surface area contributed by atoms with Gasteiger partial charge in [-0.15, -0.1) is 6.58 Å². The molecule has 8 heteroatoms. The summed E-state index contributed by atoms with van der Waals surface area (Å²) in [7, 11) is -3.95. The monoisotopic (exact) mass is 309 g/mol. The SMILES string of the molecule is C=CCN(CCO)S(=O)(=O)c1ccc(C(F)(F)F)cc1. The van der Waals surface area contributed by atoms with Gasteiger partial charge in [0.15, 0.2) is 0 Å². The fourth-order valence-electron chi connectivity index (χ4n) is 1.53. The smallest absolute Gasteiger partial charge is 0.395 e. The molecule has 0 spiro atoms. The lowest BCUT2D eigenvalue weighted by Gasteiger charge is -2.19. The second-order valence-corrected chi connectivity index (χ2v) is 5.84. The Hall–Kier alpha value is -1.38. The van der Waals surface area contributed by atoms with Crippen molar-refractivity contribution in [2.45, 2.75) is 11.1 Å².